The summed E-state index contributed by atoms with van der Waals surface area (Å²) in [5.41, 5.74) is 1.13. The third-order valence-electron chi connectivity index (χ3n) is 2.79. The van der Waals surface area contributed by atoms with Gasteiger partial charge in [-0.25, -0.2) is 8.42 Å². The zero-order valence-electron chi connectivity index (χ0n) is 11.1. The number of rotatable bonds is 4. The molecule has 6 heteroatoms. The Labute approximate surface area is 127 Å². The highest BCUT2D eigenvalue weighted by atomic mass is 79.9. The maximum absolute atomic E-state index is 12.4. The monoisotopic (exact) mass is 355 g/mol. The number of hydrogen-bond donors (Lipinski definition) is 1. The number of para-hydroxylation sites is 1. The number of methoxy groups -OCH3 is 1. The molecule has 4 nitrogen and oxygen atoms in total. The third kappa shape index (κ3) is 3.13. The minimum absolute atomic E-state index is 0.231. The SMILES string of the molecule is COc1ccc(S(=O)(=O)Nc2ccccc2Br)c(C)c1. The van der Waals surface area contributed by atoms with Gasteiger partial charge < -0.3 is 4.74 Å². The van der Waals surface area contributed by atoms with Crippen LogP contribution >= 0.6 is 15.9 Å². The quantitative estimate of drug-likeness (QED) is 0.911. The number of hydrogen-bond acceptors (Lipinski definition) is 3. The molecule has 2 rings (SSSR count). The molecule has 106 valence electrons. The van der Waals surface area contributed by atoms with Crippen LogP contribution in [-0.4, -0.2) is 15.5 Å². The molecule has 0 saturated carbocycles. The molecule has 2 aromatic rings. The number of nitrogens with one attached hydrogen (secondary N) is 1. The first-order valence-electron chi connectivity index (χ1n) is 5.86. The summed E-state index contributed by atoms with van der Waals surface area (Å²) in [5, 5.41) is 0. The number of benzene rings is 2. The predicted octanol–water partition coefficient (Wildman–Crippen LogP) is 3.57. The van der Waals surface area contributed by atoms with Gasteiger partial charge in [-0.3, -0.25) is 4.72 Å². The van der Waals surface area contributed by atoms with Gasteiger partial charge in [0.15, 0.2) is 0 Å². The van der Waals surface area contributed by atoms with E-state index in [4.69, 9.17) is 4.74 Å². The molecular formula is C14H14BrNO3S. The first kappa shape index (κ1) is 14.9. The molecule has 0 aliphatic carbocycles. The van der Waals surface area contributed by atoms with Crippen LogP contribution < -0.4 is 9.46 Å². The molecular weight excluding hydrogens is 342 g/mol. The van der Waals surface area contributed by atoms with Crippen molar-refractivity contribution < 1.29 is 13.2 Å². The molecule has 0 unspecified atom stereocenters. The fourth-order valence-corrected chi connectivity index (χ4v) is 3.62. The summed E-state index contributed by atoms with van der Waals surface area (Å²) in [7, 11) is -2.08. The molecule has 0 heterocycles. The normalized spacial score (nSPS) is 11.2. The lowest BCUT2D eigenvalue weighted by atomic mass is 10.2. The van der Waals surface area contributed by atoms with E-state index in [1.165, 1.54) is 6.07 Å². The minimum Gasteiger partial charge on any atom is -0.497 e. The molecule has 0 bridgehead atoms. The molecule has 0 aliphatic rings. The first-order valence-corrected chi connectivity index (χ1v) is 8.13. The van der Waals surface area contributed by atoms with Gasteiger partial charge in [0.25, 0.3) is 10.0 Å². The van der Waals surface area contributed by atoms with Crippen LogP contribution in [0, 0.1) is 6.92 Å². The van der Waals surface area contributed by atoms with E-state index < -0.39 is 10.0 Å². The Kier molecular flexibility index (Phi) is 4.35. The van der Waals surface area contributed by atoms with E-state index in [2.05, 4.69) is 20.7 Å². The Balaban J connectivity index is 2.39. The van der Waals surface area contributed by atoms with Crippen LogP contribution in [0.25, 0.3) is 0 Å². The van der Waals surface area contributed by atoms with E-state index in [0.717, 1.165) is 0 Å². The molecule has 0 saturated heterocycles. The zero-order chi connectivity index (χ0) is 14.8. The van der Waals surface area contributed by atoms with Crippen LogP contribution in [-0.2, 0) is 10.0 Å². The second kappa shape index (κ2) is 5.85. The summed E-state index contributed by atoms with van der Waals surface area (Å²) in [6.07, 6.45) is 0. The summed E-state index contributed by atoms with van der Waals surface area (Å²) in [6.45, 7) is 1.73. The van der Waals surface area contributed by atoms with Gasteiger partial charge in [-0.2, -0.15) is 0 Å². The summed E-state index contributed by atoms with van der Waals surface area (Å²) in [6, 6.07) is 11.9. The van der Waals surface area contributed by atoms with Gasteiger partial charge in [0.05, 0.1) is 17.7 Å². The largest absolute Gasteiger partial charge is 0.497 e. The number of ether oxygens (including phenoxy) is 1. The second-order valence-electron chi connectivity index (χ2n) is 4.22. The maximum atomic E-state index is 12.4. The van der Waals surface area contributed by atoms with Gasteiger partial charge in [0, 0.05) is 4.47 Å². The molecule has 0 aliphatic heterocycles. The Morgan fingerprint density at radius 1 is 1.15 bits per heavy atom. The summed E-state index contributed by atoms with van der Waals surface area (Å²) >= 11 is 3.32. The van der Waals surface area contributed by atoms with Crippen molar-refractivity contribution >= 4 is 31.6 Å². The lowest BCUT2D eigenvalue weighted by molar-refractivity contribution is 0.414. The molecule has 1 N–H and O–H groups in total. The van der Waals surface area contributed by atoms with Crippen molar-refractivity contribution in [2.45, 2.75) is 11.8 Å². The average molecular weight is 356 g/mol. The smallest absolute Gasteiger partial charge is 0.262 e. The first-order chi connectivity index (χ1) is 9.44. The zero-order valence-corrected chi connectivity index (χ0v) is 13.5. The number of sulfonamides is 1. The van der Waals surface area contributed by atoms with Crippen molar-refractivity contribution in [2.75, 3.05) is 11.8 Å². The topological polar surface area (TPSA) is 55.4 Å². The lowest BCUT2D eigenvalue weighted by Crippen LogP contribution is -2.14. The van der Waals surface area contributed by atoms with E-state index in [-0.39, 0.29) is 4.90 Å². The van der Waals surface area contributed by atoms with Gasteiger partial charge in [0.2, 0.25) is 0 Å². The van der Waals surface area contributed by atoms with Crippen LogP contribution in [0.5, 0.6) is 5.75 Å². The molecule has 2 aromatic carbocycles. The maximum Gasteiger partial charge on any atom is 0.262 e. The second-order valence-corrected chi connectivity index (χ2v) is 6.72. The van der Waals surface area contributed by atoms with Crippen molar-refractivity contribution in [3.63, 3.8) is 0 Å². The third-order valence-corrected chi connectivity index (χ3v) is 5.01. The van der Waals surface area contributed by atoms with Crippen molar-refractivity contribution in [1.82, 2.24) is 0 Å². The van der Waals surface area contributed by atoms with Gasteiger partial charge in [-0.15, -0.1) is 0 Å². The Bertz CT molecular complexity index is 729. The van der Waals surface area contributed by atoms with Gasteiger partial charge >= 0.3 is 0 Å². The van der Waals surface area contributed by atoms with Crippen LogP contribution in [0.2, 0.25) is 0 Å². The lowest BCUT2D eigenvalue weighted by Gasteiger charge is -2.12. The molecule has 0 aromatic heterocycles. The Morgan fingerprint density at radius 2 is 1.85 bits per heavy atom. The fraction of sp³-hybridized carbons (Fsp3) is 0.143. The van der Waals surface area contributed by atoms with E-state index in [9.17, 15) is 8.42 Å². The van der Waals surface area contributed by atoms with E-state index >= 15 is 0 Å². The van der Waals surface area contributed by atoms with Crippen LogP contribution in [0.1, 0.15) is 5.56 Å². The Hall–Kier alpha value is -1.53. The van der Waals surface area contributed by atoms with E-state index in [1.54, 1.807) is 44.4 Å². The minimum atomic E-state index is -3.63. The molecule has 0 amide bonds. The summed E-state index contributed by atoms with van der Waals surface area (Å²) < 4.78 is 33.1. The molecule has 20 heavy (non-hydrogen) atoms. The van der Waals surface area contributed by atoms with Crippen LogP contribution in [0.3, 0.4) is 0 Å². The highest BCUT2D eigenvalue weighted by Gasteiger charge is 2.18. The molecule has 0 spiro atoms. The van der Waals surface area contributed by atoms with Gasteiger partial charge in [0.1, 0.15) is 5.75 Å². The Morgan fingerprint density at radius 3 is 2.45 bits per heavy atom. The van der Waals surface area contributed by atoms with Crippen molar-refractivity contribution in [3.05, 3.63) is 52.5 Å². The van der Waals surface area contributed by atoms with Gasteiger partial charge in [-0.1, -0.05) is 12.1 Å². The number of aryl methyl sites for hydroxylation is 1. The van der Waals surface area contributed by atoms with E-state index in [1.807, 2.05) is 6.07 Å². The van der Waals surface area contributed by atoms with Crippen LogP contribution in [0.4, 0.5) is 5.69 Å². The number of anilines is 1. The van der Waals surface area contributed by atoms with Gasteiger partial charge in [-0.05, 0) is 58.7 Å². The molecule has 0 atom stereocenters. The van der Waals surface area contributed by atoms with Crippen LogP contribution in [0.15, 0.2) is 51.8 Å². The molecule has 0 radical (unpaired) electrons. The fourth-order valence-electron chi connectivity index (χ4n) is 1.79. The van der Waals surface area contributed by atoms with E-state index in [0.29, 0.717) is 21.5 Å². The standard InChI is InChI=1S/C14H14BrNO3S/c1-10-9-11(19-2)7-8-14(10)20(17,18)16-13-6-4-3-5-12(13)15/h3-9,16H,1-2H3. The average Bonchev–Trinajstić information content (AvgIpc) is 2.40. The van der Waals surface area contributed by atoms with Crippen molar-refractivity contribution in [1.29, 1.82) is 0 Å². The highest BCUT2D eigenvalue weighted by Crippen LogP contribution is 2.27. The molecule has 0 fully saturated rings. The summed E-state index contributed by atoms with van der Waals surface area (Å²) in [5.74, 6) is 0.627. The number of halogens is 1. The van der Waals surface area contributed by atoms with Crippen molar-refractivity contribution in [3.8, 4) is 5.75 Å². The highest BCUT2D eigenvalue weighted by molar-refractivity contribution is 9.10. The summed E-state index contributed by atoms with van der Waals surface area (Å²) in [4.78, 5) is 0.231. The van der Waals surface area contributed by atoms with Crippen molar-refractivity contribution in [2.24, 2.45) is 0 Å². The predicted molar refractivity (Wildman–Crippen MR) is 82.7 cm³/mol.